The van der Waals surface area contributed by atoms with Crippen LogP contribution in [-0.4, -0.2) is 20.0 Å². The zero-order chi connectivity index (χ0) is 21.1. The molecule has 30 heavy (non-hydrogen) atoms. The van der Waals surface area contributed by atoms with Gasteiger partial charge in [0.1, 0.15) is 20.5 Å². The molecule has 1 aromatic carbocycles. The van der Waals surface area contributed by atoms with Gasteiger partial charge in [-0.3, -0.25) is 4.68 Å². The lowest BCUT2D eigenvalue weighted by Gasteiger charge is -2.24. The third kappa shape index (κ3) is 3.13. The van der Waals surface area contributed by atoms with E-state index in [0.717, 1.165) is 66.2 Å². The maximum absolute atomic E-state index is 14.4. The van der Waals surface area contributed by atoms with Gasteiger partial charge in [-0.25, -0.2) is 14.1 Å². The SMILES string of the molecule is NS(=O)(=NC(=O)Nc1c2c(cc3c1CCC3)CCC2)c1cnn2c1C(F)(F)CCC2. The lowest BCUT2D eigenvalue weighted by molar-refractivity contribution is -0.0393. The molecule has 0 saturated heterocycles. The molecule has 2 heterocycles. The van der Waals surface area contributed by atoms with Gasteiger partial charge in [0.2, 0.25) is 0 Å². The molecule has 1 aliphatic heterocycles. The minimum absolute atomic E-state index is 0.259. The topological polar surface area (TPSA) is 102 Å². The Morgan fingerprint density at radius 2 is 1.83 bits per heavy atom. The first-order valence-electron chi connectivity index (χ1n) is 10.2. The third-order valence-corrected chi connectivity index (χ3v) is 7.62. The van der Waals surface area contributed by atoms with E-state index in [2.05, 4.69) is 20.8 Å². The maximum Gasteiger partial charge on any atom is 0.354 e. The fraction of sp³-hybridized carbons (Fsp3) is 0.500. The number of alkyl halides is 2. The Kier molecular flexibility index (Phi) is 4.48. The molecule has 0 saturated carbocycles. The van der Waals surface area contributed by atoms with Crippen LogP contribution in [0.15, 0.2) is 21.5 Å². The van der Waals surface area contributed by atoms with E-state index in [9.17, 15) is 17.8 Å². The second-order valence-electron chi connectivity index (χ2n) is 8.21. The van der Waals surface area contributed by atoms with Crippen molar-refractivity contribution in [2.24, 2.45) is 9.50 Å². The van der Waals surface area contributed by atoms with E-state index in [1.165, 1.54) is 11.1 Å². The minimum atomic E-state index is -3.88. The van der Waals surface area contributed by atoms with Crippen molar-refractivity contribution >= 4 is 21.6 Å². The standard InChI is InChI=1S/C20H23F2N5O2S/c21-20(22)8-3-9-27-18(20)16(11-24-27)30(23,29)26-19(28)25-17-14-6-1-4-12(14)10-13-5-2-7-15(13)17/h10-11H,1-9H2,(H3,23,25,26,28,29). The molecule has 0 spiro atoms. The summed E-state index contributed by atoms with van der Waals surface area (Å²) in [5.41, 5.74) is 4.88. The molecule has 1 unspecified atom stereocenters. The Balaban J connectivity index is 1.51. The molecule has 0 radical (unpaired) electrons. The van der Waals surface area contributed by atoms with Crippen LogP contribution in [0.3, 0.4) is 0 Å². The molecule has 0 fully saturated rings. The Labute approximate surface area is 173 Å². The second kappa shape index (κ2) is 6.84. The monoisotopic (exact) mass is 435 g/mol. The number of aromatic nitrogens is 2. The number of urea groups is 1. The van der Waals surface area contributed by atoms with Gasteiger partial charge < -0.3 is 5.32 Å². The third-order valence-electron chi connectivity index (χ3n) is 6.25. The summed E-state index contributed by atoms with van der Waals surface area (Å²) in [5.74, 6) is -3.21. The van der Waals surface area contributed by atoms with Crippen molar-refractivity contribution in [2.75, 3.05) is 5.32 Å². The molecular formula is C20H23F2N5O2S. The number of amides is 2. The summed E-state index contributed by atoms with van der Waals surface area (Å²) >= 11 is 0. The first-order chi connectivity index (χ1) is 14.3. The number of rotatable bonds is 2. The van der Waals surface area contributed by atoms with Crippen LogP contribution in [0.5, 0.6) is 0 Å². The normalized spacial score (nSPS) is 20.8. The van der Waals surface area contributed by atoms with E-state index < -0.39 is 27.6 Å². The first kappa shape index (κ1) is 19.6. The average molecular weight is 436 g/mol. The number of anilines is 1. The van der Waals surface area contributed by atoms with Crippen LogP contribution in [0.25, 0.3) is 0 Å². The number of fused-ring (bicyclic) bond motifs is 3. The number of nitrogens with zero attached hydrogens (tertiary/aromatic N) is 3. The molecule has 7 nitrogen and oxygen atoms in total. The number of nitrogens with one attached hydrogen (secondary N) is 1. The van der Waals surface area contributed by atoms with E-state index in [1.54, 1.807) is 0 Å². The molecule has 10 heteroatoms. The molecule has 3 N–H and O–H groups in total. The van der Waals surface area contributed by atoms with Crippen LogP contribution in [0.2, 0.25) is 0 Å². The van der Waals surface area contributed by atoms with Crippen molar-refractivity contribution in [1.29, 1.82) is 0 Å². The predicted octanol–water partition coefficient (Wildman–Crippen LogP) is 3.68. The van der Waals surface area contributed by atoms with Crippen molar-refractivity contribution in [3.05, 3.63) is 40.2 Å². The van der Waals surface area contributed by atoms with Crippen LogP contribution < -0.4 is 10.5 Å². The van der Waals surface area contributed by atoms with Gasteiger partial charge in [-0.05, 0) is 67.2 Å². The summed E-state index contributed by atoms with van der Waals surface area (Å²) in [5, 5.41) is 12.5. The van der Waals surface area contributed by atoms with Gasteiger partial charge in [-0.1, -0.05) is 6.07 Å². The van der Waals surface area contributed by atoms with Crippen LogP contribution in [0.4, 0.5) is 19.3 Å². The fourth-order valence-corrected chi connectivity index (χ4v) is 6.08. The van der Waals surface area contributed by atoms with E-state index in [0.29, 0.717) is 0 Å². The number of benzene rings is 1. The van der Waals surface area contributed by atoms with E-state index >= 15 is 0 Å². The number of hydrogen-bond acceptors (Lipinski definition) is 3. The predicted molar refractivity (Wildman–Crippen MR) is 108 cm³/mol. The van der Waals surface area contributed by atoms with Gasteiger partial charge in [-0.2, -0.15) is 13.9 Å². The first-order valence-corrected chi connectivity index (χ1v) is 11.8. The summed E-state index contributed by atoms with van der Waals surface area (Å²) in [6.45, 7) is 0.287. The highest BCUT2D eigenvalue weighted by Crippen LogP contribution is 2.41. The Morgan fingerprint density at radius 1 is 1.17 bits per heavy atom. The molecule has 2 aliphatic carbocycles. The number of carbonyl (C=O) groups is 1. The Hall–Kier alpha value is -2.33. The summed E-state index contributed by atoms with van der Waals surface area (Å²) in [7, 11) is -3.88. The summed E-state index contributed by atoms with van der Waals surface area (Å²) in [6, 6.07) is 1.35. The number of nitrogens with two attached hydrogens (primary N) is 1. The van der Waals surface area contributed by atoms with E-state index in [-0.39, 0.29) is 24.3 Å². The molecule has 3 aliphatic rings. The van der Waals surface area contributed by atoms with Crippen molar-refractivity contribution in [3.63, 3.8) is 0 Å². The molecule has 2 amide bonds. The van der Waals surface area contributed by atoms with Crippen LogP contribution in [0.1, 0.15) is 53.6 Å². The second-order valence-corrected chi connectivity index (χ2v) is 9.97. The molecule has 1 aromatic heterocycles. The van der Waals surface area contributed by atoms with Crippen molar-refractivity contribution in [1.82, 2.24) is 9.78 Å². The highest BCUT2D eigenvalue weighted by Gasteiger charge is 2.42. The summed E-state index contributed by atoms with van der Waals surface area (Å²) in [4.78, 5) is 12.3. The highest BCUT2D eigenvalue weighted by atomic mass is 32.2. The number of carbonyl (C=O) groups excluding carboxylic acids is 1. The highest BCUT2D eigenvalue weighted by molar-refractivity contribution is 7.91. The van der Waals surface area contributed by atoms with Crippen molar-refractivity contribution in [3.8, 4) is 0 Å². The zero-order valence-electron chi connectivity index (χ0n) is 16.4. The molecule has 0 bridgehead atoms. The van der Waals surface area contributed by atoms with E-state index in [4.69, 9.17) is 5.14 Å². The smallest absolute Gasteiger partial charge is 0.305 e. The van der Waals surface area contributed by atoms with Gasteiger partial charge in [0, 0.05) is 18.7 Å². The largest absolute Gasteiger partial charge is 0.354 e. The fourth-order valence-electron chi connectivity index (χ4n) is 4.96. The summed E-state index contributed by atoms with van der Waals surface area (Å²) in [6.07, 6.45) is 6.61. The lowest BCUT2D eigenvalue weighted by Crippen LogP contribution is -2.29. The van der Waals surface area contributed by atoms with Gasteiger partial charge in [0.15, 0.2) is 0 Å². The number of hydrogen-bond donors (Lipinski definition) is 2. The quantitative estimate of drug-likeness (QED) is 0.752. The average Bonchev–Trinajstić information content (AvgIpc) is 3.39. The molecule has 1 atom stereocenters. The van der Waals surface area contributed by atoms with Gasteiger partial charge in [0.25, 0.3) is 5.92 Å². The van der Waals surface area contributed by atoms with Gasteiger partial charge >= 0.3 is 6.03 Å². The van der Waals surface area contributed by atoms with E-state index in [1.807, 2.05) is 0 Å². The minimum Gasteiger partial charge on any atom is -0.305 e. The zero-order valence-corrected chi connectivity index (χ0v) is 17.2. The number of halogens is 2. The lowest BCUT2D eigenvalue weighted by atomic mass is 9.99. The molecule has 5 rings (SSSR count). The van der Waals surface area contributed by atoms with Crippen LogP contribution >= 0.6 is 0 Å². The van der Waals surface area contributed by atoms with Crippen molar-refractivity contribution < 1.29 is 17.8 Å². The van der Waals surface area contributed by atoms with Crippen LogP contribution in [-0.2, 0) is 48.1 Å². The summed E-state index contributed by atoms with van der Waals surface area (Å²) < 4.78 is 46.6. The maximum atomic E-state index is 14.4. The molecule has 160 valence electrons. The molecule has 2 aromatic rings. The van der Waals surface area contributed by atoms with Crippen molar-refractivity contribution in [2.45, 2.75) is 68.7 Å². The Morgan fingerprint density at radius 3 is 2.50 bits per heavy atom. The van der Waals surface area contributed by atoms with Gasteiger partial charge in [-0.15, -0.1) is 4.36 Å². The molecular weight excluding hydrogens is 412 g/mol. The van der Waals surface area contributed by atoms with Gasteiger partial charge in [0.05, 0.1) is 6.20 Å². The number of aryl methyl sites for hydroxylation is 3. The Bertz CT molecular complexity index is 1150. The van der Waals surface area contributed by atoms with Crippen LogP contribution in [0, 0.1) is 0 Å².